The van der Waals surface area contributed by atoms with Crippen LogP contribution in [0.2, 0.25) is 0 Å². The molecule has 1 saturated heterocycles. The molecule has 1 unspecified atom stereocenters. The van der Waals surface area contributed by atoms with Gasteiger partial charge in [0.25, 0.3) is 0 Å². The summed E-state index contributed by atoms with van der Waals surface area (Å²) in [5.41, 5.74) is 2.52. The highest BCUT2D eigenvalue weighted by molar-refractivity contribution is 7.93. The molecule has 1 aromatic carbocycles. The lowest BCUT2D eigenvalue weighted by molar-refractivity contribution is 0.305. The molecule has 0 spiro atoms. The minimum atomic E-state index is -3.18. The third kappa shape index (κ3) is 3.14. The molecule has 0 radical (unpaired) electrons. The van der Waals surface area contributed by atoms with Crippen LogP contribution in [0.5, 0.6) is 0 Å². The Labute approximate surface area is 120 Å². The lowest BCUT2D eigenvalue weighted by Crippen LogP contribution is -2.25. The predicted octanol–water partition coefficient (Wildman–Crippen LogP) is 1.51. The molecule has 2 rings (SSSR count). The van der Waals surface area contributed by atoms with Gasteiger partial charge in [-0.05, 0) is 36.6 Å². The maximum absolute atomic E-state index is 12.0. The zero-order chi connectivity index (χ0) is 14.8. The molecular weight excluding hydrogens is 274 g/mol. The largest absolute Gasteiger partial charge is 0.395 e. The zero-order valence-electron chi connectivity index (χ0n) is 11.8. The van der Waals surface area contributed by atoms with Crippen LogP contribution < -0.4 is 4.31 Å². The molecule has 108 valence electrons. The summed E-state index contributed by atoms with van der Waals surface area (Å²) >= 11 is 0. The maximum atomic E-state index is 12.0. The monoisotopic (exact) mass is 293 g/mol. The second-order valence-electron chi connectivity index (χ2n) is 5.19. The topological polar surface area (TPSA) is 57.6 Å². The van der Waals surface area contributed by atoms with Gasteiger partial charge in [-0.15, -0.1) is 0 Å². The van der Waals surface area contributed by atoms with Crippen LogP contribution in [0.1, 0.15) is 24.5 Å². The quantitative estimate of drug-likeness (QED) is 0.841. The Hall–Kier alpha value is -1.51. The van der Waals surface area contributed by atoms with E-state index >= 15 is 0 Å². The first kappa shape index (κ1) is 14.9. The van der Waals surface area contributed by atoms with E-state index in [2.05, 4.69) is 11.8 Å². The Bertz CT molecular complexity index is 655. The van der Waals surface area contributed by atoms with Gasteiger partial charge in [-0.1, -0.05) is 18.8 Å². The summed E-state index contributed by atoms with van der Waals surface area (Å²) in [5, 5.41) is 8.71. The first-order valence-corrected chi connectivity index (χ1v) is 8.26. The molecular formula is C15H19NO3S. The number of rotatable bonds is 2. The van der Waals surface area contributed by atoms with Gasteiger partial charge < -0.3 is 5.11 Å². The average Bonchev–Trinajstić information content (AvgIpc) is 2.64. The number of sulfonamides is 1. The van der Waals surface area contributed by atoms with Gasteiger partial charge in [-0.3, -0.25) is 4.31 Å². The Morgan fingerprint density at radius 2 is 2.20 bits per heavy atom. The first-order chi connectivity index (χ1) is 9.44. The molecule has 1 aliphatic heterocycles. The smallest absolute Gasteiger partial charge is 0.235 e. The lowest BCUT2D eigenvalue weighted by atomic mass is 10.1. The molecule has 1 fully saturated rings. The maximum Gasteiger partial charge on any atom is 0.235 e. The molecule has 0 saturated carbocycles. The number of aryl methyl sites for hydroxylation is 1. The van der Waals surface area contributed by atoms with Crippen LogP contribution in [0.15, 0.2) is 18.2 Å². The van der Waals surface area contributed by atoms with Crippen LogP contribution in [0.25, 0.3) is 0 Å². The van der Waals surface area contributed by atoms with Crippen molar-refractivity contribution in [3.05, 3.63) is 29.3 Å². The third-order valence-electron chi connectivity index (χ3n) is 3.27. The normalized spacial score (nSPS) is 20.6. The minimum Gasteiger partial charge on any atom is -0.395 e. The second-order valence-corrected chi connectivity index (χ2v) is 7.13. The summed E-state index contributed by atoms with van der Waals surface area (Å²) in [7, 11) is -3.18. The number of aliphatic hydroxyl groups is 1. The van der Waals surface area contributed by atoms with E-state index in [1.807, 2.05) is 26.0 Å². The fourth-order valence-corrected chi connectivity index (χ4v) is 4.24. The van der Waals surface area contributed by atoms with Gasteiger partial charge >= 0.3 is 0 Å². The van der Waals surface area contributed by atoms with Gasteiger partial charge in [0.1, 0.15) is 0 Å². The molecule has 0 amide bonds. The van der Waals surface area contributed by atoms with E-state index in [4.69, 9.17) is 5.11 Å². The van der Waals surface area contributed by atoms with Crippen LogP contribution in [0, 0.1) is 24.7 Å². The van der Waals surface area contributed by atoms with Crippen molar-refractivity contribution in [1.82, 2.24) is 0 Å². The molecule has 0 bridgehead atoms. The fourth-order valence-electron chi connectivity index (χ4n) is 2.32. The van der Waals surface area contributed by atoms with E-state index in [-0.39, 0.29) is 18.3 Å². The van der Waals surface area contributed by atoms with Gasteiger partial charge in [0.05, 0.1) is 18.0 Å². The molecule has 5 heteroatoms. The van der Waals surface area contributed by atoms with Crippen molar-refractivity contribution in [2.75, 3.05) is 23.2 Å². The van der Waals surface area contributed by atoms with Crippen molar-refractivity contribution >= 4 is 15.7 Å². The van der Waals surface area contributed by atoms with Gasteiger partial charge in [0.15, 0.2) is 0 Å². The molecule has 1 heterocycles. The van der Waals surface area contributed by atoms with Crippen LogP contribution in [0.4, 0.5) is 5.69 Å². The average molecular weight is 293 g/mol. The Morgan fingerprint density at radius 1 is 1.45 bits per heavy atom. The standard InChI is InChI=1S/C15H19NO3S/c1-12-10-16(20(18,19)11-12)15-7-6-14(13(2)9-15)5-3-4-8-17/h6-7,9,12,17H,4,8,10-11H2,1-2H3. The first-order valence-electron chi connectivity index (χ1n) is 6.65. The summed E-state index contributed by atoms with van der Waals surface area (Å²) in [5.74, 6) is 6.23. The number of benzene rings is 1. The Balaban J connectivity index is 2.29. The van der Waals surface area contributed by atoms with E-state index in [1.54, 1.807) is 6.07 Å². The molecule has 0 aliphatic carbocycles. The Kier molecular flexibility index (Phi) is 4.36. The van der Waals surface area contributed by atoms with Crippen molar-refractivity contribution < 1.29 is 13.5 Å². The summed E-state index contributed by atoms with van der Waals surface area (Å²) in [6, 6.07) is 5.50. The van der Waals surface area contributed by atoms with E-state index in [9.17, 15) is 8.42 Å². The molecule has 0 aromatic heterocycles. The van der Waals surface area contributed by atoms with E-state index in [0.717, 1.165) is 11.1 Å². The van der Waals surface area contributed by atoms with E-state index in [0.29, 0.717) is 18.7 Å². The van der Waals surface area contributed by atoms with Crippen molar-refractivity contribution in [3.63, 3.8) is 0 Å². The number of nitrogens with zero attached hydrogens (tertiary/aromatic N) is 1. The summed E-state index contributed by atoms with van der Waals surface area (Å²) in [6.07, 6.45) is 0.444. The van der Waals surface area contributed by atoms with Crippen LogP contribution in [-0.4, -0.2) is 32.4 Å². The van der Waals surface area contributed by atoms with E-state index in [1.165, 1.54) is 4.31 Å². The number of hydrogen-bond acceptors (Lipinski definition) is 3. The molecule has 1 atom stereocenters. The number of anilines is 1. The molecule has 20 heavy (non-hydrogen) atoms. The van der Waals surface area contributed by atoms with Crippen LogP contribution >= 0.6 is 0 Å². The number of aliphatic hydroxyl groups excluding tert-OH is 1. The van der Waals surface area contributed by atoms with Gasteiger partial charge in [-0.2, -0.15) is 0 Å². The highest BCUT2D eigenvalue weighted by Crippen LogP contribution is 2.28. The SMILES string of the molecule is Cc1cc(N2CC(C)CS2(=O)=O)ccc1C#CCCO. The predicted molar refractivity (Wildman–Crippen MR) is 80.1 cm³/mol. The summed E-state index contributed by atoms with van der Waals surface area (Å²) in [4.78, 5) is 0. The molecule has 1 N–H and O–H groups in total. The highest BCUT2D eigenvalue weighted by atomic mass is 32.2. The summed E-state index contributed by atoms with van der Waals surface area (Å²) < 4.78 is 25.6. The molecule has 4 nitrogen and oxygen atoms in total. The van der Waals surface area contributed by atoms with Gasteiger partial charge in [0.2, 0.25) is 10.0 Å². The summed E-state index contributed by atoms with van der Waals surface area (Å²) in [6.45, 7) is 4.45. The minimum absolute atomic E-state index is 0.0496. The fraction of sp³-hybridized carbons (Fsp3) is 0.467. The van der Waals surface area contributed by atoms with Crippen molar-refractivity contribution in [1.29, 1.82) is 0 Å². The van der Waals surface area contributed by atoms with E-state index < -0.39 is 10.0 Å². The highest BCUT2D eigenvalue weighted by Gasteiger charge is 2.33. The van der Waals surface area contributed by atoms with Gasteiger partial charge in [0, 0.05) is 18.5 Å². The van der Waals surface area contributed by atoms with Crippen molar-refractivity contribution in [2.45, 2.75) is 20.3 Å². The number of hydrogen-bond donors (Lipinski definition) is 1. The second kappa shape index (κ2) is 5.86. The third-order valence-corrected chi connectivity index (χ3v) is 5.29. The van der Waals surface area contributed by atoms with Crippen molar-refractivity contribution in [3.8, 4) is 11.8 Å². The van der Waals surface area contributed by atoms with Gasteiger partial charge in [-0.25, -0.2) is 8.42 Å². The molecule has 1 aliphatic rings. The van der Waals surface area contributed by atoms with Crippen molar-refractivity contribution in [2.24, 2.45) is 5.92 Å². The lowest BCUT2D eigenvalue weighted by Gasteiger charge is -2.18. The Morgan fingerprint density at radius 3 is 2.75 bits per heavy atom. The molecule has 1 aromatic rings. The van der Waals surface area contributed by atoms with Crippen LogP contribution in [0.3, 0.4) is 0 Å². The van der Waals surface area contributed by atoms with Crippen LogP contribution in [-0.2, 0) is 10.0 Å². The zero-order valence-corrected chi connectivity index (χ0v) is 12.6.